The van der Waals surface area contributed by atoms with Crippen molar-refractivity contribution < 1.29 is 4.79 Å². The number of carbonyl (C=O) groups is 1. The minimum Gasteiger partial charge on any atom is -0.332 e. The molecule has 136 valence electrons. The maximum Gasteiger partial charge on any atom is 0.317 e. The van der Waals surface area contributed by atoms with E-state index in [1.807, 2.05) is 47.7 Å². The van der Waals surface area contributed by atoms with Gasteiger partial charge in [0.25, 0.3) is 0 Å². The van der Waals surface area contributed by atoms with E-state index in [0.29, 0.717) is 13.1 Å². The highest BCUT2D eigenvalue weighted by atomic mass is 16.2. The molecule has 2 amide bonds. The lowest BCUT2D eigenvalue weighted by Crippen LogP contribution is -2.38. The number of carbonyl (C=O) groups excluding carboxylic acids is 1. The van der Waals surface area contributed by atoms with Crippen LogP contribution in [0.25, 0.3) is 5.65 Å². The van der Waals surface area contributed by atoms with E-state index in [2.05, 4.69) is 33.1 Å². The molecule has 1 aliphatic rings. The first kappa shape index (κ1) is 16.6. The number of rotatable bonds is 3. The van der Waals surface area contributed by atoms with Crippen molar-refractivity contribution in [1.29, 1.82) is 0 Å². The van der Waals surface area contributed by atoms with Gasteiger partial charge in [0, 0.05) is 25.0 Å². The van der Waals surface area contributed by atoms with Crippen LogP contribution in [-0.2, 0) is 6.54 Å². The molecule has 26 heavy (non-hydrogen) atoms. The summed E-state index contributed by atoms with van der Waals surface area (Å²) in [4.78, 5) is 18.9. The fourth-order valence-corrected chi connectivity index (χ4v) is 3.75. The van der Waals surface area contributed by atoms with E-state index in [1.54, 1.807) is 0 Å². The lowest BCUT2D eigenvalue weighted by Gasteiger charge is -2.18. The summed E-state index contributed by atoms with van der Waals surface area (Å²) in [5.41, 5.74) is 5.20. The van der Waals surface area contributed by atoms with Crippen LogP contribution in [0.1, 0.15) is 35.1 Å². The van der Waals surface area contributed by atoms with Crippen LogP contribution in [0.4, 0.5) is 4.79 Å². The molecule has 0 bridgehead atoms. The minimum absolute atomic E-state index is 0.0309. The molecule has 0 aliphatic carbocycles. The number of amides is 2. The first-order valence-electron chi connectivity index (χ1n) is 9.00. The van der Waals surface area contributed by atoms with Gasteiger partial charge < -0.3 is 14.6 Å². The zero-order chi connectivity index (χ0) is 18.3. The largest absolute Gasteiger partial charge is 0.332 e. The molecule has 0 spiro atoms. The van der Waals surface area contributed by atoms with Gasteiger partial charge in [-0.2, -0.15) is 5.10 Å². The normalized spacial score (nSPS) is 17.2. The molecule has 4 heterocycles. The Morgan fingerprint density at radius 1 is 1.35 bits per heavy atom. The smallest absolute Gasteiger partial charge is 0.317 e. The van der Waals surface area contributed by atoms with Gasteiger partial charge in [-0.25, -0.2) is 9.78 Å². The quantitative estimate of drug-likeness (QED) is 0.788. The minimum atomic E-state index is -0.0309. The van der Waals surface area contributed by atoms with Crippen LogP contribution >= 0.6 is 0 Å². The molecule has 7 nitrogen and oxygen atoms in total. The van der Waals surface area contributed by atoms with E-state index in [-0.39, 0.29) is 12.1 Å². The highest BCUT2D eigenvalue weighted by Crippen LogP contribution is 2.23. The number of urea groups is 1. The van der Waals surface area contributed by atoms with Crippen LogP contribution < -0.4 is 5.32 Å². The third-order valence-electron chi connectivity index (χ3n) is 5.07. The summed E-state index contributed by atoms with van der Waals surface area (Å²) in [5.74, 6) is 0. The fourth-order valence-electron chi connectivity index (χ4n) is 3.75. The van der Waals surface area contributed by atoms with Crippen molar-refractivity contribution in [2.45, 2.75) is 39.8 Å². The van der Waals surface area contributed by atoms with Gasteiger partial charge in [-0.3, -0.25) is 4.68 Å². The van der Waals surface area contributed by atoms with Gasteiger partial charge in [0.05, 0.1) is 30.2 Å². The van der Waals surface area contributed by atoms with Gasteiger partial charge in [-0.1, -0.05) is 6.07 Å². The van der Waals surface area contributed by atoms with Crippen molar-refractivity contribution >= 4 is 11.7 Å². The Bertz CT molecular complexity index is 956. The van der Waals surface area contributed by atoms with Crippen molar-refractivity contribution in [3.63, 3.8) is 0 Å². The van der Waals surface area contributed by atoms with Crippen molar-refractivity contribution in [1.82, 2.24) is 29.4 Å². The van der Waals surface area contributed by atoms with Crippen LogP contribution in [-0.4, -0.2) is 43.2 Å². The number of nitrogens with one attached hydrogen (secondary N) is 1. The number of likely N-dealkylation sites (tertiary alicyclic amines) is 1. The SMILES string of the molecule is Cc1cc(C)n([C@H]2CCN(C(=O)NCc3cnc4c(C)cccn34)C2)n1. The molecule has 1 aliphatic heterocycles. The van der Waals surface area contributed by atoms with Gasteiger partial charge in [-0.05, 0) is 44.9 Å². The molecule has 0 aromatic carbocycles. The number of fused-ring (bicyclic) bond motifs is 1. The maximum absolute atomic E-state index is 12.6. The summed E-state index contributed by atoms with van der Waals surface area (Å²) in [5, 5.41) is 7.59. The van der Waals surface area contributed by atoms with Crippen LogP contribution in [0.15, 0.2) is 30.6 Å². The Morgan fingerprint density at radius 2 is 2.19 bits per heavy atom. The molecule has 0 unspecified atom stereocenters. The summed E-state index contributed by atoms with van der Waals surface area (Å²) in [6.07, 6.45) is 4.74. The Hall–Kier alpha value is -2.83. The lowest BCUT2D eigenvalue weighted by molar-refractivity contribution is 0.206. The fraction of sp³-hybridized carbons (Fsp3) is 0.421. The molecular formula is C19H24N6O. The predicted octanol–water partition coefficient (Wildman–Crippen LogP) is 2.61. The second kappa shape index (κ2) is 6.48. The predicted molar refractivity (Wildman–Crippen MR) is 99.1 cm³/mol. The summed E-state index contributed by atoms with van der Waals surface area (Å²) in [6.45, 7) is 8.01. The first-order chi connectivity index (χ1) is 12.5. The second-order valence-corrected chi connectivity index (χ2v) is 7.05. The third-order valence-corrected chi connectivity index (χ3v) is 5.07. The summed E-state index contributed by atoms with van der Waals surface area (Å²) in [6, 6.07) is 6.34. The molecule has 3 aromatic rings. The molecule has 1 N–H and O–H groups in total. The molecule has 1 saturated heterocycles. The van der Waals surface area contributed by atoms with E-state index < -0.39 is 0 Å². The summed E-state index contributed by atoms with van der Waals surface area (Å²) < 4.78 is 4.08. The summed E-state index contributed by atoms with van der Waals surface area (Å²) >= 11 is 0. The van der Waals surface area contributed by atoms with Gasteiger partial charge in [-0.15, -0.1) is 0 Å². The standard InChI is InChI=1S/C19H24N6O/c1-13-5-4-7-24-17(10-20-18(13)24)11-21-19(26)23-8-6-16(12-23)25-15(3)9-14(2)22-25/h4-5,7,9-10,16H,6,8,11-12H2,1-3H3,(H,21,26)/t16-/m0/s1. The molecule has 3 aromatic heterocycles. The van der Waals surface area contributed by atoms with Gasteiger partial charge in [0.1, 0.15) is 5.65 Å². The van der Waals surface area contributed by atoms with Crippen LogP contribution in [0, 0.1) is 20.8 Å². The van der Waals surface area contributed by atoms with Crippen molar-refractivity contribution in [3.8, 4) is 0 Å². The van der Waals surface area contributed by atoms with Crippen molar-refractivity contribution in [3.05, 3.63) is 53.2 Å². The number of aryl methyl sites for hydroxylation is 3. The Labute approximate surface area is 152 Å². The molecule has 0 radical (unpaired) electrons. The van der Waals surface area contributed by atoms with Crippen LogP contribution in [0.2, 0.25) is 0 Å². The zero-order valence-electron chi connectivity index (χ0n) is 15.4. The number of hydrogen-bond acceptors (Lipinski definition) is 3. The van der Waals surface area contributed by atoms with Gasteiger partial charge >= 0.3 is 6.03 Å². The number of imidazole rings is 1. The molecular weight excluding hydrogens is 328 g/mol. The molecule has 0 saturated carbocycles. The molecule has 7 heteroatoms. The molecule has 4 rings (SSSR count). The van der Waals surface area contributed by atoms with E-state index in [0.717, 1.165) is 41.3 Å². The number of nitrogens with zero attached hydrogens (tertiary/aromatic N) is 5. The van der Waals surface area contributed by atoms with Gasteiger partial charge in [0.15, 0.2) is 0 Å². The van der Waals surface area contributed by atoms with E-state index in [4.69, 9.17) is 0 Å². The maximum atomic E-state index is 12.6. The topological polar surface area (TPSA) is 67.5 Å². The monoisotopic (exact) mass is 352 g/mol. The van der Waals surface area contributed by atoms with Crippen LogP contribution in [0.3, 0.4) is 0 Å². The summed E-state index contributed by atoms with van der Waals surface area (Å²) in [7, 11) is 0. The average Bonchev–Trinajstić information content (AvgIpc) is 3.32. The van der Waals surface area contributed by atoms with Crippen molar-refractivity contribution in [2.75, 3.05) is 13.1 Å². The Morgan fingerprint density at radius 3 is 2.96 bits per heavy atom. The third kappa shape index (κ3) is 2.94. The Balaban J connectivity index is 1.39. The lowest BCUT2D eigenvalue weighted by atomic mass is 10.2. The van der Waals surface area contributed by atoms with E-state index in [1.165, 1.54) is 0 Å². The second-order valence-electron chi connectivity index (χ2n) is 7.05. The van der Waals surface area contributed by atoms with E-state index in [9.17, 15) is 4.79 Å². The Kier molecular flexibility index (Phi) is 4.14. The first-order valence-corrected chi connectivity index (χ1v) is 9.00. The van der Waals surface area contributed by atoms with Crippen molar-refractivity contribution in [2.24, 2.45) is 0 Å². The highest BCUT2D eigenvalue weighted by molar-refractivity contribution is 5.74. The van der Waals surface area contributed by atoms with Crippen LogP contribution in [0.5, 0.6) is 0 Å². The van der Waals surface area contributed by atoms with Gasteiger partial charge in [0.2, 0.25) is 0 Å². The average molecular weight is 352 g/mol. The van der Waals surface area contributed by atoms with E-state index >= 15 is 0 Å². The number of hydrogen-bond donors (Lipinski definition) is 1. The molecule has 1 atom stereocenters. The number of pyridine rings is 1. The molecule has 1 fully saturated rings. The zero-order valence-corrected chi connectivity index (χ0v) is 15.4. The highest BCUT2D eigenvalue weighted by Gasteiger charge is 2.28. The number of aromatic nitrogens is 4.